The van der Waals surface area contributed by atoms with Crippen molar-refractivity contribution in [3.63, 3.8) is 0 Å². The van der Waals surface area contributed by atoms with E-state index in [-0.39, 0.29) is 11.9 Å². The number of pyridine rings is 1. The van der Waals surface area contributed by atoms with Crippen LogP contribution in [0.25, 0.3) is 0 Å². The molecule has 0 bridgehead atoms. The second-order valence-electron chi connectivity index (χ2n) is 6.77. The van der Waals surface area contributed by atoms with E-state index in [9.17, 15) is 4.79 Å². The van der Waals surface area contributed by atoms with E-state index in [2.05, 4.69) is 27.5 Å². The Labute approximate surface area is 157 Å². The summed E-state index contributed by atoms with van der Waals surface area (Å²) in [6.45, 7) is 5.62. The molecule has 4 heterocycles. The summed E-state index contributed by atoms with van der Waals surface area (Å²) in [5.41, 5.74) is 2.25. The monoisotopic (exact) mass is 366 g/mol. The van der Waals surface area contributed by atoms with Crippen LogP contribution in [-0.2, 0) is 6.54 Å². The number of aromatic nitrogens is 3. The van der Waals surface area contributed by atoms with Gasteiger partial charge in [0.15, 0.2) is 0 Å². The van der Waals surface area contributed by atoms with E-state index in [1.807, 2.05) is 42.4 Å². The lowest BCUT2D eigenvalue weighted by Crippen LogP contribution is -2.31. The lowest BCUT2D eigenvalue weighted by molar-refractivity contribution is 0.0732. The van der Waals surface area contributed by atoms with Gasteiger partial charge in [0.05, 0.1) is 17.5 Å². The Morgan fingerprint density at radius 1 is 1.27 bits per heavy atom. The second kappa shape index (κ2) is 7.03. The predicted molar refractivity (Wildman–Crippen MR) is 102 cm³/mol. The molecule has 0 saturated carbocycles. The van der Waals surface area contributed by atoms with E-state index in [0.29, 0.717) is 0 Å². The van der Waals surface area contributed by atoms with E-state index >= 15 is 0 Å². The third-order valence-electron chi connectivity index (χ3n) is 4.91. The lowest BCUT2D eigenvalue weighted by Gasteiger charge is -2.25. The molecule has 4 rings (SSSR count). The van der Waals surface area contributed by atoms with Crippen LogP contribution in [0.5, 0.6) is 0 Å². The van der Waals surface area contributed by atoms with Crippen molar-refractivity contribution in [3.05, 3.63) is 69.7 Å². The highest BCUT2D eigenvalue weighted by molar-refractivity contribution is 7.13. The highest BCUT2D eigenvalue weighted by Crippen LogP contribution is 2.34. The molecule has 1 fully saturated rings. The fourth-order valence-electron chi connectivity index (χ4n) is 3.59. The van der Waals surface area contributed by atoms with Gasteiger partial charge >= 0.3 is 0 Å². The van der Waals surface area contributed by atoms with Gasteiger partial charge in [0.2, 0.25) is 0 Å². The molecule has 1 unspecified atom stereocenters. The Balaban J connectivity index is 1.63. The maximum Gasteiger partial charge on any atom is 0.264 e. The van der Waals surface area contributed by atoms with Crippen LogP contribution in [0.2, 0.25) is 0 Å². The zero-order valence-electron chi connectivity index (χ0n) is 15.1. The fourth-order valence-corrected chi connectivity index (χ4v) is 4.42. The molecule has 134 valence electrons. The number of carbonyl (C=O) groups excluding carboxylic acids is 1. The average Bonchev–Trinajstić information content (AvgIpc) is 3.37. The van der Waals surface area contributed by atoms with Crippen LogP contribution >= 0.6 is 11.3 Å². The minimum absolute atomic E-state index is 0.0373. The minimum Gasteiger partial charge on any atom is -0.328 e. The van der Waals surface area contributed by atoms with Crippen molar-refractivity contribution < 1.29 is 4.79 Å². The van der Waals surface area contributed by atoms with Crippen LogP contribution in [0.3, 0.4) is 0 Å². The number of likely N-dealkylation sites (tertiary alicyclic amines) is 1. The Kier molecular flexibility index (Phi) is 4.59. The molecule has 0 aromatic carbocycles. The molecule has 26 heavy (non-hydrogen) atoms. The first-order valence-electron chi connectivity index (χ1n) is 8.92. The molecule has 0 aliphatic carbocycles. The smallest absolute Gasteiger partial charge is 0.264 e. The van der Waals surface area contributed by atoms with Gasteiger partial charge in [-0.2, -0.15) is 0 Å². The highest BCUT2D eigenvalue weighted by Gasteiger charge is 2.34. The maximum absolute atomic E-state index is 13.0. The fraction of sp³-hybridized carbons (Fsp3) is 0.350. The molecule has 1 amide bonds. The standard InChI is InChI=1S/C20H22N4OS/c1-14-11-22-19(24(14)13-16-5-3-9-21-12-16)17-6-4-10-23(17)20(25)18-8-7-15(2)26-18/h3,5,7-9,11-12,17H,4,6,10,13H2,1-2H3. The summed E-state index contributed by atoms with van der Waals surface area (Å²) in [4.78, 5) is 25.9. The van der Waals surface area contributed by atoms with E-state index in [4.69, 9.17) is 0 Å². The average molecular weight is 366 g/mol. The molecule has 3 aromatic heterocycles. The molecular formula is C20H22N4OS. The van der Waals surface area contributed by atoms with Gasteiger partial charge in [-0.1, -0.05) is 6.07 Å². The van der Waals surface area contributed by atoms with E-state index < -0.39 is 0 Å². The Morgan fingerprint density at radius 2 is 2.15 bits per heavy atom. The molecule has 0 radical (unpaired) electrons. The Bertz CT molecular complexity index is 915. The quantitative estimate of drug-likeness (QED) is 0.702. The molecule has 1 atom stereocenters. The molecule has 0 N–H and O–H groups in total. The number of carbonyl (C=O) groups is 1. The van der Waals surface area contributed by atoms with Gasteiger partial charge in [-0.05, 0) is 50.5 Å². The maximum atomic E-state index is 13.0. The van der Waals surface area contributed by atoms with Crippen molar-refractivity contribution in [3.8, 4) is 0 Å². The molecule has 0 spiro atoms. The van der Waals surface area contributed by atoms with Gasteiger partial charge in [-0.15, -0.1) is 11.3 Å². The summed E-state index contributed by atoms with van der Waals surface area (Å²) < 4.78 is 2.22. The van der Waals surface area contributed by atoms with Gasteiger partial charge in [-0.25, -0.2) is 4.98 Å². The minimum atomic E-state index is 0.0373. The van der Waals surface area contributed by atoms with E-state index in [0.717, 1.165) is 52.8 Å². The first-order valence-corrected chi connectivity index (χ1v) is 9.73. The number of amides is 1. The third kappa shape index (κ3) is 3.17. The summed E-state index contributed by atoms with van der Waals surface area (Å²) >= 11 is 1.57. The molecule has 1 saturated heterocycles. The van der Waals surface area contributed by atoms with Gasteiger partial charge in [-0.3, -0.25) is 9.78 Å². The SMILES string of the molecule is Cc1ccc(C(=O)N2CCCC2c2ncc(C)n2Cc2cccnc2)s1. The van der Waals surface area contributed by atoms with Crippen LogP contribution in [0, 0.1) is 13.8 Å². The van der Waals surface area contributed by atoms with Crippen molar-refractivity contribution in [1.82, 2.24) is 19.4 Å². The Hall–Kier alpha value is -2.47. The number of aryl methyl sites for hydroxylation is 2. The van der Waals surface area contributed by atoms with Gasteiger partial charge in [0.1, 0.15) is 5.82 Å². The summed E-state index contributed by atoms with van der Waals surface area (Å²) in [6.07, 6.45) is 7.54. The van der Waals surface area contributed by atoms with Crippen molar-refractivity contribution in [1.29, 1.82) is 0 Å². The molecule has 6 heteroatoms. The van der Waals surface area contributed by atoms with Crippen molar-refractivity contribution in [2.45, 2.75) is 39.3 Å². The van der Waals surface area contributed by atoms with E-state index in [1.165, 1.54) is 0 Å². The van der Waals surface area contributed by atoms with Crippen LogP contribution < -0.4 is 0 Å². The summed E-state index contributed by atoms with van der Waals surface area (Å²) in [7, 11) is 0. The van der Waals surface area contributed by atoms with Crippen molar-refractivity contribution in [2.24, 2.45) is 0 Å². The number of imidazole rings is 1. The first kappa shape index (κ1) is 17.0. The van der Waals surface area contributed by atoms with Crippen LogP contribution in [0.4, 0.5) is 0 Å². The number of nitrogens with zero attached hydrogens (tertiary/aromatic N) is 4. The topological polar surface area (TPSA) is 51.0 Å². The molecular weight excluding hydrogens is 344 g/mol. The van der Waals surface area contributed by atoms with Crippen molar-refractivity contribution in [2.75, 3.05) is 6.54 Å². The van der Waals surface area contributed by atoms with Crippen LogP contribution in [-0.4, -0.2) is 31.9 Å². The summed E-state index contributed by atoms with van der Waals surface area (Å²) in [6, 6.07) is 8.01. The Morgan fingerprint density at radius 3 is 2.88 bits per heavy atom. The zero-order valence-corrected chi connectivity index (χ0v) is 15.9. The predicted octanol–water partition coefficient (Wildman–Crippen LogP) is 3.98. The molecule has 5 nitrogen and oxygen atoms in total. The largest absolute Gasteiger partial charge is 0.328 e. The molecule has 1 aliphatic heterocycles. The summed E-state index contributed by atoms with van der Waals surface area (Å²) in [5, 5.41) is 0. The lowest BCUT2D eigenvalue weighted by atomic mass is 10.2. The van der Waals surface area contributed by atoms with Gasteiger partial charge in [0, 0.05) is 35.7 Å². The van der Waals surface area contributed by atoms with Gasteiger partial charge in [0.25, 0.3) is 5.91 Å². The molecule has 1 aliphatic rings. The normalized spacial score (nSPS) is 17.0. The second-order valence-corrected chi connectivity index (χ2v) is 8.06. The number of rotatable bonds is 4. The van der Waals surface area contributed by atoms with Crippen LogP contribution in [0.1, 0.15) is 50.5 Å². The van der Waals surface area contributed by atoms with Crippen LogP contribution in [0.15, 0.2) is 42.9 Å². The number of hydrogen-bond acceptors (Lipinski definition) is 4. The van der Waals surface area contributed by atoms with E-state index in [1.54, 1.807) is 17.5 Å². The van der Waals surface area contributed by atoms with Gasteiger partial charge < -0.3 is 9.47 Å². The third-order valence-corrected chi connectivity index (χ3v) is 5.90. The first-order chi connectivity index (χ1) is 12.6. The number of hydrogen-bond donors (Lipinski definition) is 0. The summed E-state index contributed by atoms with van der Waals surface area (Å²) in [5.74, 6) is 1.10. The number of thiophene rings is 1. The zero-order chi connectivity index (χ0) is 18.1. The molecule has 3 aromatic rings. The van der Waals surface area contributed by atoms with Crippen molar-refractivity contribution >= 4 is 17.2 Å². The highest BCUT2D eigenvalue weighted by atomic mass is 32.1.